The van der Waals surface area contributed by atoms with E-state index in [9.17, 15) is 22.4 Å². The van der Waals surface area contributed by atoms with Crippen LogP contribution in [0.25, 0.3) is 0 Å². The first-order valence-corrected chi connectivity index (χ1v) is 8.43. The average molecular weight is 429 g/mol. The fourth-order valence-corrected chi connectivity index (χ4v) is 2.93. The molecule has 3 rings (SSSR count). The third-order valence-electron chi connectivity index (χ3n) is 4.12. The number of ether oxygens (including phenoxy) is 2. The highest BCUT2D eigenvalue weighted by Crippen LogP contribution is 2.33. The Kier molecular flexibility index (Phi) is 7.07. The van der Waals surface area contributed by atoms with Crippen LogP contribution in [-0.4, -0.2) is 54.1 Å². The van der Waals surface area contributed by atoms with E-state index >= 15 is 0 Å². The Morgan fingerprint density at radius 2 is 1.96 bits per heavy atom. The monoisotopic (exact) mass is 428 g/mol. The van der Waals surface area contributed by atoms with Crippen LogP contribution in [0.3, 0.4) is 0 Å². The number of benzene rings is 1. The standard InChI is InChI=1S/C14H16ClFN2O3.C2HF3O2/c15-8-2-1-7(3-9(8)16)20-6-14(19)18-11-5-12-10(17)4-13(11)21-12;3-2(4,5)1(6)7/h1-3,10-13H,4-6,17H2,(H,18,19);(H,6,7)/t10-,11-,12+,13+;/m1./s1. The number of carbonyl (C=O) groups is 2. The minimum Gasteiger partial charge on any atom is -0.484 e. The number of nitrogens with one attached hydrogen (secondary N) is 1. The number of nitrogens with two attached hydrogens (primary N) is 1. The van der Waals surface area contributed by atoms with E-state index in [1.807, 2.05) is 0 Å². The van der Waals surface area contributed by atoms with Crippen LogP contribution >= 0.6 is 11.6 Å². The number of fused-ring (bicyclic) bond motifs is 2. The third kappa shape index (κ3) is 5.94. The quantitative estimate of drug-likeness (QED) is 0.631. The summed E-state index contributed by atoms with van der Waals surface area (Å²) in [5.74, 6) is -3.34. The van der Waals surface area contributed by atoms with Gasteiger partial charge in [-0.1, -0.05) is 11.6 Å². The van der Waals surface area contributed by atoms with Crippen molar-refractivity contribution in [3.63, 3.8) is 0 Å². The normalized spacial score (nSPS) is 25.6. The molecule has 2 fully saturated rings. The fourth-order valence-electron chi connectivity index (χ4n) is 2.81. The van der Waals surface area contributed by atoms with Crippen LogP contribution in [0.15, 0.2) is 18.2 Å². The van der Waals surface area contributed by atoms with E-state index < -0.39 is 18.0 Å². The van der Waals surface area contributed by atoms with Crippen LogP contribution in [0.1, 0.15) is 12.8 Å². The number of halogens is 5. The van der Waals surface area contributed by atoms with Crippen LogP contribution in [0.5, 0.6) is 5.75 Å². The maximum Gasteiger partial charge on any atom is 0.490 e. The molecule has 0 aliphatic carbocycles. The van der Waals surface area contributed by atoms with Crippen molar-refractivity contribution in [2.24, 2.45) is 5.73 Å². The van der Waals surface area contributed by atoms with Gasteiger partial charge >= 0.3 is 12.1 Å². The molecule has 1 aromatic rings. The second kappa shape index (κ2) is 8.93. The number of carbonyl (C=O) groups excluding carboxylic acids is 1. The number of carboxylic acids is 1. The molecule has 2 saturated heterocycles. The zero-order valence-electron chi connectivity index (χ0n) is 14.2. The second-order valence-corrected chi connectivity index (χ2v) is 6.60. The molecule has 0 spiro atoms. The molecular formula is C16H17ClF4N2O5. The van der Waals surface area contributed by atoms with Gasteiger partial charge in [0.2, 0.25) is 0 Å². The average Bonchev–Trinajstić information content (AvgIpc) is 3.14. The lowest BCUT2D eigenvalue weighted by molar-refractivity contribution is -0.192. The van der Waals surface area contributed by atoms with Gasteiger partial charge in [-0.3, -0.25) is 4.79 Å². The summed E-state index contributed by atoms with van der Waals surface area (Å²) in [4.78, 5) is 20.7. The summed E-state index contributed by atoms with van der Waals surface area (Å²) in [5.41, 5.74) is 5.87. The van der Waals surface area contributed by atoms with E-state index in [4.69, 9.17) is 36.7 Å². The van der Waals surface area contributed by atoms with Crippen LogP contribution in [-0.2, 0) is 14.3 Å². The van der Waals surface area contributed by atoms with Crippen LogP contribution in [0.2, 0.25) is 5.02 Å². The van der Waals surface area contributed by atoms with Crippen molar-refractivity contribution >= 4 is 23.5 Å². The predicted molar refractivity (Wildman–Crippen MR) is 88.4 cm³/mol. The predicted octanol–water partition coefficient (Wildman–Crippen LogP) is 1.86. The third-order valence-corrected chi connectivity index (χ3v) is 4.42. The van der Waals surface area contributed by atoms with E-state index in [1.54, 1.807) is 0 Å². The number of alkyl halides is 3. The molecule has 12 heteroatoms. The highest BCUT2D eigenvalue weighted by Gasteiger charge is 2.46. The van der Waals surface area contributed by atoms with Crippen molar-refractivity contribution < 1.29 is 41.7 Å². The molecule has 1 aromatic carbocycles. The van der Waals surface area contributed by atoms with Gasteiger partial charge in [-0.05, 0) is 25.0 Å². The number of carboxylic acid groups (broad SMARTS) is 1. The van der Waals surface area contributed by atoms with Crippen molar-refractivity contribution in [2.45, 2.75) is 43.3 Å². The highest BCUT2D eigenvalue weighted by atomic mass is 35.5. The van der Waals surface area contributed by atoms with E-state index in [0.29, 0.717) is 0 Å². The molecule has 28 heavy (non-hydrogen) atoms. The molecule has 156 valence electrons. The minimum atomic E-state index is -5.08. The van der Waals surface area contributed by atoms with E-state index in [2.05, 4.69) is 5.32 Å². The number of hydrogen-bond donors (Lipinski definition) is 3. The van der Waals surface area contributed by atoms with Crippen LogP contribution < -0.4 is 15.8 Å². The van der Waals surface area contributed by atoms with Crippen molar-refractivity contribution in [3.8, 4) is 5.75 Å². The molecule has 1 amide bonds. The zero-order valence-corrected chi connectivity index (χ0v) is 15.0. The summed E-state index contributed by atoms with van der Waals surface area (Å²) in [6.07, 6.45) is -3.57. The Balaban J connectivity index is 0.000000345. The molecule has 0 unspecified atom stereocenters. The van der Waals surface area contributed by atoms with Gasteiger partial charge in [0.15, 0.2) is 6.61 Å². The number of aliphatic carboxylic acids is 1. The largest absolute Gasteiger partial charge is 0.490 e. The Morgan fingerprint density at radius 1 is 1.32 bits per heavy atom. The highest BCUT2D eigenvalue weighted by molar-refractivity contribution is 6.30. The van der Waals surface area contributed by atoms with Crippen molar-refractivity contribution in [1.29, 1.82) is 0 Å². The molecule has 2 bridgehead atoms. The summed E-state index contributed by atoms with van der Waals surface area (Å²) in [6, 6.07) is 4.09. The first-order chi connectivity index (χ1) is 13.0. The molecule has 0 saturated carbocycles. The minimum absolute atomic E-state index is 0.0121. The van der Waals surface area contributed by atoms with Gasteiger partial charge in [0.1, 0.15) is 11.6 Å². The first-order valence-electron chi connectivity index (χ1n) is 8.05. The molecule has 4 atom stereocenters. The molecule has 2 aliphatic rings. The zero-order chi connectivity index (χ0) is 21.1. The Morgan fingerprint density at radius 3 is 2.43 bits per heavy atom. The summed E-state index contributed by atoms with van der Waals surface area (Å²) in [5, 5.41) is 10.0. The van der Waals surface area contributed by atoms with Crippen molar-refractivity contribution in [3.05, 3.63) is 29.0 Å². The molecule has 0 radical (unpaired) electrons. The smallest absolute Gasteiger partial charge is 0.484 e. The van der Waals surface area contributed by atoms with Gasteiger partial charge in [-0.25, -0.2) is 9.18 Å². The molecule has 7 nitrogen and oxygen atoms in total. The van der Waals surface area contributed by atoms with Crippen molar-refractivity contribution in [1.82, 2.24) is 5.32 Å². The number of amides is 1. The molecule has 4 N–H and O–H groups in total. The van der Waals surface area contributed by atoms with Gasteiger partial charge in [0, 0.05) is 12.1 Å². The van der Waals surface area contributed by atoms with Gasteiger partial charge in [0.05, 0.1) is 23.3 Å². The fraction of sp³-hybridized carbons (Fsp3) is 0.500. The Labute approximate surface area is 161 Å². The van der Waals surface area contributed by atoms with Gasteiger partial charge in [-0.2, -0.15) is 13.2 Å². The molecule has 2 aliphatic heterocycles. The SMILES string of the molecule is N[C@@H]1C[C@@H]2O[C@H]1C[C@H]2NC(=O)COc1ccc(Cl)c(F)c1.O=C(O)C(F)(F)F. The van der Waals surface area contributed by atoms with Gasteiger partial charge < -0.3 is 25.6 Å². The van der Waals surface area contributed by atoms with Crippen LogP contribution in [0, 0.1) is 5.82 Å². The maximum atomic E-state index is 13.2. The summed E-state index contributed by atoms with van der Waals surface area (Å²) in [6.45, 7) is -0.180. The number of hydrogen-bond acceptors (Lipinski definition) is 5. The Hall–Kier alpha value is -2.11. The number of rotatable bonds is 4. The summed E-state index contributed by atoms with van der Waals surface area (Å²) >= 11 is 5.57. The molecule has 0 aromatic heterocycles. The topological polar surface area (TPSA) is 111 Å². The van der Waals surface area contributed by atoms with E-state index in [-0.39, 0.29) is 47.6 Å². The second-order valence-electron chi connectivity index (χ2n) is 6.19. The van der Waals surface area contributed by atoms with Gasteiger partial charge in [-0.15, -0.1) is 0 Å². The lowest BCUT2D eigenvalue weighted by atomic mass is 9.92. The van der Waals surface area contributed by atoms with Crippen LogP contribution in [0.4, 0.5) is 17.6 Å². The van der Waals surface area contributed by atoms with Gasteiger partial charge in [0.25, 0.3) is 5.91 Å². The molecule has 2 heterocycles. The van der Waals surface area contributed by atoms with E-state index in [1.165, 1.54) is 12.1 Å². The maximum absolute atomic E-state index is 13.2. The molecular weight excluding hydrogens is 412 g/mol. The van der Waals surface area contributed by atoms with Crippen molar-refractivity contribution in [2.75, 3.05) is 6.61 Å². The van der Waals surface area contributed by atoms with E-state index in [0.717, 1.165) is 18.9 Å². The lowest BCUT2D eigenvalue weighted by Crippen LogP contribution is -2.47. The Bertz CT molecular complexity index is 731. The first kappa shape index (κ1) is 22.2. The summed E-state index contributed by atoms with van der Waals surface area (Å²) in [7, 11) is 0. The lowest BCUT2D eigenvalue weighted by Gasteiger charge is -2.23. The summed E-state index contributed by atoms with van der Waals surface area (Å²) < 4.78 is 55.8.